The average Bonchev–Trinajstić information content (AvgIpc) is 2.53. The number of amides is 1. The van der Waals surface area contributed by atoms with Crippen LogP contribution in [0.25, 0.3) is 0 Å². The second kappa shape index (κ2) is 5.85. The van der Waals surface area contributed by atoms with Crippen molar-refractivity contribution in [1.82, 2.24) is 5.43 Å². The molecule has 134 valence electrons. The first-order chi connectivity index (χ1) is 11.8. The quantitative estimate of drug-likeness (QED) is 0.638. The Balaban J connectivity index is 1.43. The van der Waals surface area contributed by atoms with E-state index in [2.05, 4.69) is 10.5 Å². The SMILES string of the molecule is O=C(NN=Cc1cccc(C(F)(F)F)c1)C12CC3CC(CC(C3)C1)C2. The fourth-order valence-electron chi connectivity index (χ4n) is 5.47. The number of carbonyl (C=O) groups excluding carboxylic acids is 1. The molecule has 25 heavy (non-hydrogen) atoms. The van der Waals surface area contributed by atoms with Gasteiger partial charge in [-0.05, 0) is 74.0 Å². The van der Waals surface area contributed by atoms with Crippen molar-refractivity contribution in [2.24, 2.45) is 28.3 Å². The third-order valence-corrected chi connectivity index (χ3v) is 6.11. The van der Waals surface area contributed by atoms with Crippen LogP contribution in [0, 0.1) is 23.2 Å². The van der Waals surface area contributed by atoms with E-state index < -0.39 is 11.7 Å². The monoisotopic (exact) mass is 350 g/mol. The van der Waals surface area contributed by atoms with E-state index in [0.717, 1.165) is 31.4 Å². The highest BCUT2D eigenvalue weighted by Gasteiger charge is 2.54. The van der Waals surface area contributed by atoms with Gasteiger partial charge in [0, 0.05) is 0 Å². The summed E-state index contributed by atoms with van der Waals surface area (Å²) in [5.74, 6) is 1.91. The van der Waals surface area contributed by atoms with E-state index in [0.29, 0.717) is 23.3 Å². The molecular weight excluding hydrogens is 329 g/mol. The number of hydrogen-bond acceptors (Lipinski definition) is 2. The number of nitrogens with zero attached hydrogens (tertiary/aromatic N) is 1. The van der Waals surface area contributed by atoms with E-state index >= 15 is 0 Å². The van der Waals surface area contributed by atoms with Crippen LogP contribution in [0.5, 0.6) is 0 Å². The second-order valence-electron chi connectivity index (χ2n) is 8.02. The summed E-state index contributed by atoms with van der Waals surface area (Å²) in [5, 5.41) is 3.93. The molecule has 0 aromatic heterocycles. The largest absolute Gasteiger partial charge is 0.416 e. The lowest BCUT2D eigenvalue weighted by molar-refractivity contribution is -0.146. The highest BCUT2D eigenvalue weighted by atomic mass is 19.4. The van der Waals surface area contributed by atoms with Crippen LogP contribution >= 0.6 is 0 Å². The number of rotatable bonds is 3. The van der Waals surface area contributed by atoms with Gasteiger partial charge in [-0.3, -0.25) is 4.79 Å². The number of hydrazone groups is 1. The number of benzene rings is 1. The van der Waals surface area contributed by atoms with Crippen LogP contribution in [0.4, 0.5) is 13.2 Å². The normalized spacial score (nSPS) is 33.8. The molecule has 1 aromatic rings. The Labute approximate surface area is 144 Å². The Morgan fingerprint density at radius 2 is 1.72 bits per heavy atom. The molecule has 0 atom stereocenters. The topological polar surface area (TPSA) is 41.5 Å². The van der Waals surface area contributed by atoms with Gasteiger partial charge in [-0.1, -0.05) is 12.1 Å². The molecule has 0 heterocycles. The van der Waals surface area contributed by atoms with Gasteiger partial charge in [-0.25, -0.2) is 5.43 Å². The zero-order valence-corrected chi connectivity index (χ0v) is 13.9. The van der Waals surface area contributed by atoms with Crippen LogP contribution < -0.4 is 5.43 Å². The van der Waals surface area contributed by atoms with Crippen molar-refractivity contribution < 1.29 is 18.0 Å². The molecule has 0 radical (unpaired) electrons. The number of halogens is 3. The average molecular weight is 350 g/mol. The van der Waals surface area contributed by atoms with Crippen LogP contribution in [-0.2, 0) is 11.0 Å². The summed E-state index contributed by atoms with van der Waals surface area (Å²) in [6.07, 6.45) is 3.46. The van der Waals surface area contributed by atoms with Crippen LogP contribution in [0.2, 0.25) is 0 Å². The van der Waals surface area contributed by atoms with Crippen LogP contribution in [-0.4, -0.2) is 12.1 Å². The molecule has 1 N–H and O–H groups in total. The van der Waals surface area contributed by atoms with Crippen molar-refractivity contribution in [3.05, 3.63) is 35.4 Å². The minimum atomic E-state index is -4.38. The summed E-state index contributed by atoms with van der Waals surface area (Å²) in [6.45, 7) is 0. The van der Waals surface area contributed by atoms with E-state index in [-0.39, 0.29) is 11.3 Å². The number of nitrogens with one attached hydrogen (secondary N) is 1. The van der Waals surface area contributed by atoms with Crippen molar-refractivity contribution in [1.29, 1.82) is 0 Å². The summed E-state index contributed by atoms with van der Waals surface area (Å²) in [6, 6.07) is 4.92. The van der Waals surface area contributed by atoms with Gasteiger partial charge in [0.25, 0.3) is 0 Å². The molecule has 0 saturated heterocycles. The lowest BCUT2D eigenvalue weighted by Crippen LogP contribution is -2.52. The van der Waals surface area contributed by atoms with E-state index in [4.69, 9.17) is 0 Å². The fourth-order valence-corrected chi connectivity index (χ4v) is 5.47. The van der Waals surface area contributed by atoms with E-state index in [1.807, 2.05) is 0 Å². The van der Waals surface area contributed by atoms with E-state index in [9.17, 15) is 18.0 Å². The lowest BCUT2D eigenvalue weighted by atomic mass is 9.49. The molecular formula is C19H21F3N2O. The van der Waals surface area contributed by atoms with Crippen molar-refractivity contribution in [2.45, 2.75) is 44.7 Å². The van der Waals surface area contributed by atoms with Gasteiger partial charge in [-0.15, -0.1) is 0 Å². The maximum absolute atomic E-state index is 12.7. The number of carbonyl (C=O) groups is 1. The predicted molar refractivity (Wildman–Crippen MR) is 87.8 cm³/mol. The fraction of sp³-hybridized carbons (Fsp3) is 0.579. The first kappa shape index (κ1) is 16.6. The Morgan fingerprint density at radius 3 is 2.28 bits per heavy atom. The highest BCUT2D eigenvalue weighted by Crippen LogP contribution is 2.60. The van der Waals surface area contributed by atoms with Crippen molar-refractivity contribution in [2.75, 3.05) is 0 Å². The third-order valence-electron chi connectivity index (χ3n) is 6.11. The Hall–Kier alpha value is -1.85. The zero-order valence-electron chi connectivity index (χ0n) is 13.9. The van der Waals surface area contributed by atoms with Crippen molar-refractivity contribution in [3.63, 3.8) is 0 Å². The predicted octanol–water partition coefficient (Wildman–Crippen LogP) is 4.37. The van der Waals surface area contributed by atoms with Crippen LogP contribution in [0.1, 0.15) is 49.7 Å². The maximum Gasteiger partial charge on any atom is 0.416 e. The molecule has 4 aliphatic rings. The molecule has 0 aliphatic heterocycles. The first-order valence-corrected chi connectivity index (χ1v) is 8.85. The molecule has 1 aromatic carbocycles. The summed E-state index contributed by atoms with van der Waals surface area (Å²) in [5.41, 5.74) is 1.89. The molecule has 1 amide bonds. The number of alkyl halides is 3. The Morgan fingerprint density at radius 1 is 1.12 bits per heavy atom. The zero-order chi connectivity index (χ0) is 17.7. The minimum absolute atomic E-state index is 0.0603. The summed E-state index contributed by atoms with van der Waals surface area (Å²) >= 11 is 0. The molecule has 4 fully saturated rings. The van der Waals surface area contributed by atoms with Crippen LogP contribution in [0.3, 0.4) is 0 Å². The molecule has 4 bridgehead atoms. The smallest absolute Gasteiger partial charge is 0.273 e. The summed E-state index contributed by atoms with van der Waals surface area (Å²) in [4.78, 5) is 12.7. The van der Waals surface area contributed by atoms with Gasteiger partial charge in [-0.2, -0.15) is 18.3 Å². The molecule has 0 spiro atoms. The summed E-state index contributed by atoms with van der Waals surface area (Å²) in [7, 11) is 0. The van der Waals surface area contributed by atoms with Gasteiger partial charge in [0.15, 0.2) is 0 Å². The minimum Gasteiger partial charge on any atom is -0.273 e. The second-order valence-corrected chi connectivity index (χ2v) is 8.02. The van der Waals surface area contributed by atoms with Crippen molar-refractivity contribution >= 4 is 12.1 Å². The number of hydrogen-bond donors (Lipinski definition) is 1. The van der Waals surface area contributed by atoms with Gasteiger partial charge in [0.2, 0.25) is 5.91 Å². The first-order valence-electron chi connectivity index (χ1n) is 8.85. The molecule has 0 unspecified atom stereocenters. The summed E-state index contributed by atoms with van der Waals surface area (Å²) < 4.78 is 38.2. The standard InChI is InChI=1S/C19H21F3N2O/c20-19(21,22)16-3-1-2-12(7-16)11-23-24-17(25)18-8-13-4-14(9-18)6-15(5-13)10-18/h1-3,7,11,13-15H,4-6,8-10H2,(H,24,25). The van der Waals surface area contributed by atoms with Gasteiger partial charge in [0.1, 0.15) is 0 Å². The molecule has 6 heteroatoms. The van der Waals surface area contributed by atoms with Gasteiger partial charge in [0.05, 0.1) is 17.2 Å². The Kier molecular flexibility index (Phi) is 3.89. The van der Waals surface area contributed by atoms with Gasteiger partial charge < -0.3 is 0 Å². The Bertz CT molecular complexity index is 676. The third kappa shape index (κ3) is 3.18. The maximum atomic E-state index is 12.7. The molecule has 3 nitrogen and oxygen atoms in total. The molecule has 4 aliphatic carbocycles. The highest BCUT2D eigenvalue weighted by molar-refractivity contribution is 5.85. The van der Waals surface area contributed by atoms with E-state index in [1.54, 1.807) is 0 Å². The van der Waals surface area contributed by atoms with Gasteiger partial charge >= 0.3 is 6.18 Å². The molecule has 4 saturated carbocycles. The van der Waals surface area contributed by atoms with Crippen molar-refractivity contribution in [3.8, 4) is 0 Å². The van der Waals surface area contributed by atoms with Crippen LogP contribution in [0.15, 0.2) is 29.4 Å². The molecule has 5 rings (SSSR count). The lowest BCUT2D eigenvalue weighted by Gasteiger charge is -2.55. The van der Waals surface area contributed by atoms with E-state index in [1.165, 1.54) is 37.6 Å².